The first-order valence-corrected chi connectivity index (χ1v) is 8.56. The number of carbonyl (C=O) groups excluding carboxylic acids is 4. The number of aliphatic hydroxyl groups is 1. The highest BCUT2D eigenvalue weighted by atomic mass is 16.5. The van der Waals surface area contributed by atoms with Crippen molar-refractivity contribution in [3.63, 3.8) is 0 Å². The molecule has 0 saturated heterocycles. The zero-order valence-corrected chi connectivity index (χ0v) is 15.7. The van der Waals surface area contributed by atoms with Gasteiger partial charge in [-0.3, -0.25) is 9.59 Å². The van der Waals surface area contributed by atoms with E-state index in [0.29, 0.717) is 0 Å². The number of carbonyl (C=O) groups is 4. The number of methoxy groups -OCH3 is 1. The fraction of sp³-hybridized carbons (Fsp3) is 0.444. The average molecular weight is 395 g/mol. The summed E-state index contributed by atoms with van der Waals surface area (Å²) in [5.41, 5.74) is 5.84. The Hall–Kier alpha value is -3.14. The lowest BCUT2D eigenvalue weighted by Crippen LogP contribution is -2.55. The van der Waals surface area contributed by atoms with Gasteiger partial charge in [-0.05, 0) is 18.9 Å². The van der Waals surface area contributed by atoms with Crippen LogP contribution >= 0.6 is 0 Å². The minimum Gasteiger partial charge on any atom is -0.467 e. The Bertz CT molecular complexity index is 679. The van der Waals surface area contributed by atoms with Crippen molar-refractivity contribution in [1.82, 2.24) is 10.6 Å². The van der Waals surface area contributed by atoms with E-state index < -0.39 is 42.1 Å². The van der Waals surface area contributed by atoms with Crippen LogP contribution in [0.3, 0.4) is 0 Å². The minimum atomic E-state index is -1.34. The molecule has 0 saturated carbocycles. The molecular weight excluding hydrogens is 370 g/mol. The second kappa shape index (κ2) is 11.5. The molecule has 0 heterocycles. The van der Waals surface area contributed by atoms with Crippen LogP contribution in [0, 0.1) is 0 Å². The molecule has 3 amide bonds. The van der Waals surface area contributed by atoms with E-state index in [4.69, 9.17) is 10.5 Å². The van der Waals surface area contributed by atoms with E-state index in [1.54, 1.807) is 24.3 Å². The number of nitrogens with two attached hydrogens (primary N) is 1. The second-order valence-corrected chi connectivity index (χ2v) is 6.01. The molecule has 1 aromatic rings. The smallest absolute Gasteiger partial charge is 0.408 e. The van der Waals surface area contributed by atoms with Gasteiger partial charge in [0.15, 0.2) is 6.04 Å². The molecule has 10 heteroatoms. The van der Waals surface area contributed by atoms with Crippen LogP contribution in [0.25, 0.3) is 0 Å². The average Bonchev–Trinajstić information content (AvgIpc) is 2.67. The molecule has 0 bridgehead atoms. The zero-order chi connectivity index (χ0) is 21.1. The summed E-state index contributed by atoms with van der Waals surface area (Å²) in [6, 6.07) is 6.35. The van der Waals surface area contributed by atoms with Crippen LogP contribution in [0.15, 0.2) is 30.3 Å². The first-order chi connectivity index (χ1) is 13.2. The van der Waals surface area contributed by atoms with Crippen molar-refractivity contribution in [3.8, 4) is 0 Å². The largest absolute Gasteiger partial charge is 0.467 e. The monoisotopic (exact) mass is 395 g/mol. The molecule has 10 nitrogen and oxygen atoms in total. The third-order valence-electron chi connectivity index (χ3n) is 3.74. The number of ether oxygens (including phenoxy) is 2. The molecule has 3 atom stereocenters. The molecule has 5 N–H and O–H groups in total. The maximum Gasteiger partial charge on any atom is 0.408 e. The van der Waals surface area contributed by atoms with Crippen LogP contribution < -0.4 is 16.4 Å². The lowest BCUT2D eigenvalue weighted by Gasteiger charge is -2.23. The third-order valence-corrected chi connectivity index (χ3v) is 3.74. The van der Waals surface area contributed by atoms with Crippen LogP contribution in [0.2, 0.25) is 0 Å². The van der Waals surface area contributed by atoms with E-state index in [9.17, 15) is 24.3 Å². The van der Waals surface area contributed by atoms with E-state index in [0.717, 1.165) is 12.7 Å². The lowest BCUT2D eigenvalue weighted by molar-refractivity contribution is -0.148. The summed E-state index contributed by atoms with van der Waals surface area (Å²) in [5.74, 6) is -2.32. The van der Waals surface area contributed by atoms with Crippen molar-refractivity contribution in [2.75, 3.05) is 7.11 Å². The fourth-order valence-electron chi connectivity index (χ4n) is 2.22. The summed E-state index contributed by atoms with van der Waals surface area (Å²) in [6.45, 7) is 1.27. The quantitative estimate of drug-likeness (QED) is 0.392. The summed E-state index contributed by atoms with van der Waals surface area (Å²) in [4.78, 5) is 47.2. The zero-order valence-electron chi connectivity index (χ0n) is 15.7. The summed E-state index contributed by atoms with van der Waals surface area (Å²) in [7, 11) is 1.10. The number of aliphatic hydroxyl groups excluding tert-OH is 1. The molecule has 0 aliphatic rings. The number of esters is 1. The molecule has 1 rings (SSSR count). The van der Waals surface area contributed by atoms with Gasteiger partial charge in [0.1, 0.15) is 12.6 Å². The van der Waals surface area contributed by atoms with Crippen molar-refractivity contribution in [3.05, 3.63) is 35.9 Å². The highest BCUT2D eigenvalue weighted by Gasteiger charge is 2.30. The standard InChI is InChI=1S/C18H25N3O7/c1-11(22)15(17(25)27-2)21-16(24)13(8-9-14(19)23)20-18(26)28-10-12-6-4-3-5-7-12/h3-7,11,13,15,22H,8-10H2,1-2H3,(H2,19,23)(H,20,26)(H,21,24)/t11-,13+,15-/m0/s1. The van der Waals surface area contributed by atoms with Gasteiger partial charge in [-0.15, -0.1) is 0 Å². The van der Waals surface area contributed by atoms with Gasteiger partial charge in [0.25, 0.3) is 0 Å². The van der Waals surface area contributed by atoms with Gasteiger partial charge in [-0.25, -0.2) is 9.59 Å². The predicted octanol–water partition coefficient (Wildman–Crippen LogP) is -0.414. The van der Waals surface area contributed by atoms with Gasteiger partial charge in [-0.1, -0.05) is 30.3 Å². The highest BCUT2D eigenvalue weighted by molar-refractivity contribution is 5.90. The number of amides is 3. The summed E-state index contributed by atoms with van der Waals surface area (Å²) >= 11 is 0. The Morgan fingerprint density at radius 2 is 1.79 bits per heavy atom. The van der Waals surface area contributed by atoms with E-state index in [-0.39, 0.29) is 19.4 Å². The number of hydrogen-bond donors (Lipinski definition) is 4. The van der Waals surface area contributed by atoms with E-state index in [1.807, 2.05) is 6.07 Å². The van der Waals surface area contributed by atoms with Crippen molar-refractivity contribution in [2.45, 2.75) is 44.6 Å². The number of benzene rings is 1. The van der Waals surface area contributed by atoms with Crippen LogP contribution in [-0.4, -0.2) is 54.3 Å². The van der Waals surface area contributed by atoms with E-state index in [2.05, 4.69) is 15.4 Å². The van der Waals surface area contributed by atoms with Crippen LogP contribution in [0.1, 0.15) is 25.3 Å². The van der Waals surface area contributed by atoms with Crippen molar-refractivity contribution < 1.29 is 33.8 Å². The Morgan fingerprint density at radius 3 is 2.32 bits per heavy atom. The molecule has 154 valence electrons. The molecule has 0 radical (unpaired) electrons. The summed E-state index contributed by atoms with van der Waals surface area (Å²) in [5, 5.41) is 14.3. The summed E-state index contributed by atoms with van der Waals surface area (Å²) in [6.07, 6.45) is -2.43. The molecule has 28 heavy (non-hydrogen) atoms. The molecule has 1 aromatic carbocycles. The van der Waals surface area contributed by atoms with Gasteiger partial charge in [0, 0.05) is 6.42 Å². The van der Waals surface area contributed by atoms with Crippen molar-refractivity contribution in [1.29, 1.82) is 0 Å². The maximum atomic E-state index is 12.4. The fourth-order valence-corrected chi connectivity index (χ4v) is 2.22. The van der Waals surface area contributed by atoms with Gasteiger partial charge in [0.2, 0.25) is 11.8 Å². The molecule has 0 unspecified atom stereocenters. The van der Waals surface area contributed by atoms with Crippen LogP contribution in [0.4, 0.5) is 4.79 Å². The normalized spacial score (nSPS) is 13.5. The van der Waals surface area contributed by atoms with Gasteiger partial charge >= 0.3 is 12.1 Å². The molecular formula is C18H25N3O7. The highest BCUT2D eigenvalue weighted by Crippen LogP contribution is 2.04. The van der Waals surface area contributed by atoms with Crippen LogP contribution in [-0.2, 0) is 30.5 Å². The summed E-state index contributed by atoms with van der Waals surface area (Å²) < 4.78 is 9.57. The molecule has 0 aliphatic carbocycles. The third kappa shape index (κ3) is 8.04. The Balaban J connectivity index is 2.74. The number of rotatable bonds is 10. The Morgan fingerprint density at radius 1 is 1.14 bits per heavy atom. The number of primary amides is 1. The first-order valence-electron chi connectivity index (χ1n) is 8.56. The second-order valence-electron chi connectivity index (χ2n) is 6.01. The Labute approximate surface area is 162 Å². The Kier molecular flexibility index (Phi) is 9.44. The maximum absolute atomic E-state index is 12.4. The van der Waals surface area contributed by atoms with E-state index in [1.165, 1.54) is 6.92 Å². The van der Waals surface area contributed by atoms with Gasteiger partial charge in [-0.2, -0.15) is 0 Å². The molecule has 0 aromatic heterocycles. The predicted molar refractivity (Wildman–Crippen MR) is 97.6 cm³/mol. The minimum absolute atomic E-state index is 0.0186. The van der Waals surface area contributed by atoms with Gasteiger partial charge < -0.3 is 30.9 Å². The molecule has 0 spiro atoms. The topological polar surface area (TPSA) is 157 Å². The molecule has 0 fully saturated rings. The van der Waals surface area contributed by atoms with Crippen molar-refractivity contribution >= 4 is 23.9 Å². The number of hydrogen-bond acceptors (Lipinski definition) is 7. The lowest BCUT2D eigenvalue weighted by atomic mass is 10.1. The SMILES string of the molecule is COC(=O)[C@@H](NC(=O)[C@@H](CCC(N)=O)NC(=O)OCc1ccccc1)[C@H](C)O. The van der Waals surface area contributed by atoms with Crippen LogP contribution in [0.5, 0.6) is 0 Å². The first kappa shape index (κ1) is 22.9. The molecule has 0 aliphatic heterocycles. The van der Waals surface area contributed by atoms with Crippen molar-refractivity contribution in [2.24, 2.45) is 5.73 Å². The van der Waals surface area contributed by atoms with Gasteiger partial charge in [0.05, 0.1) is 13.2 Å². The number of nitrogens with one attached hydrogen (secondary N) is 2. The van der Waals surface area contributed by atoms with E-state index >= 15 is 0 Å². The number of alkyl carbamates (subject to hydrolysis) is 1.